The lowest BCUT2D eigenvalue weighted by molar-refractivity contribution is -0.159. The van der Waals surface area contributed by atoms with Crippen molar-refractivity contribution in [2.24, 2.45) is 0 Å². The highest BCUT2D eigenvalue weighted by atomic mass is 19.1. The molecule has 0 spiro atoms. The molecule has 0 radical (unpaired) electrons. The van der Waals surface area contributed by atoms with Crippen molar-refractivity contribution in [3.05, 3.63) is 35.6 Å². The first kappa shape index (κ1) is 15.1. The highest BCUT2D eigenvalue weighted by molar-refractivity contribution is 5.87. The van der Waals surface area contributed by atoms with Crippen molar-refractivity contribution in [1.29, 1.82) is 0 Å². The summed E-state index contributed by atoms with van der Waals surface area (Å²) in [6.45, 7) is 4.93. The second-order valence-corrected chi connectivity index (χ2v) is 4.29. The molecule has 0 aliphatic carbocycles. The number of rotatable bonds is 5. The molecule has 0 aromatic heterocycles. The van der Waals surface area contributed by atoms with E-state index in [4.69, 9.17) is 0 Å². The molecule has 1 atom stereocenters. The van der Waals surface area contributed by atoms with Crippen LogP contribution in [0.15, 0.2) is 24.3 Å². The van der Waals surface area contributed by atoms with Crippen LogP contribution in [0.4, 0.5) is 4.39 Å². The predicted molar refractivity (Wildman–Crippen MR) is 69.1 cm³/mol. The van der Waals surface area contributed by atoms with Gasteiger partial charge in [-0.1, -0.05) is 19.1 Å². The van der Waals surface area contributed by atoms with Crippen LogP contribution < -0.4 is 0 Å². The summed E-state index contributed by atoms with van der Waals surface area (Å²) in [4.78, 5) is 24.7. The molecular formula is C14H18FNO3. The Labute approximate surface area is 111 Å². The molecule has 5 heteroatoms. The molecule has 4 nitrogen and oxygen atoms in total. The Balaban J connectivity index is 3.51. The Morgan fingerprint density at radius 2 is 2.00 bits per heavy atom. The fourth-order valence-electron chi connectivity index (χ4n) is 2.45. The summed E-state index contributed by atoms with van der Waals surface area (Å²) in [5, 5.41) is 9.60. The number of amides is 1. The summed E-state index contributed by atoms with van der Waals surface area (Å²) >= 11 is 0. The maximum Gasteiger partial charge on any atom is 0.334 e. The molecule has 0 bridgehead atoms. The van der Waals surface area contributed by atoms with Gasteiger partial charge >= 0.3 is 5.97 Å². The van der Waals surface area contributed by atoms with Gasteiger partial charge in [-0.25, -0.2) is 9.18 Å². The fraction of sp³-hybridized carbons (Fsp3) is 0.429. The molecule has 19 heavy (non-hydrogen) atoms. The minimum atomic E-state index is -1.53. The lowest BCUT2D eigenvalue weighted by atomic mass is 9.85. The Kier molecular flexibility index (Phi) is 4.64. The number of benzene rings is 1. The van der Waals surface area contributed by atoms with Crippen molar-refractivity contribution < 1.29 is 19.1 Å². The molecule has 1 N–H and O–H groups in total. The van der Waals surface area contributed by atoms with Crippen molar-refractivity contribution in [3.8, 4) is 0 Å². The molecule has 0 aliphatic rings. The van der Waals surface area contributed by atoms with Crippen molar-refractivity contribution in [2.75, 3.05) is 6.54 Å². The van der Waals surface area contributed by atoms with Gasteiger partial charge in [0.05, 0.1) is 0 Å². The smallest absolute Gasteiger partial charge is 0.334 e. The molecule has 0 fully saturated rings. The maximum absolute atomic E-state index is 13.4. The summed E-state index contributed by atoms with van der Waals surface area (Å²) in [6, 6.07) is 5.40. The van der Waals surface area contributed by atoms with E-state index < -0.39 is 17.3 Å². The molecule has 104 valence electrons. The number of aliphatic carboxylic acids is 1. The van der Waals surface area contributed by atoms with E-state index in [9.17, 15) is 19.1 Å². The quantitative estimate of drug-likeness (QED) is 0.891. The van der Waals surface area contributed by atoms with Gasteiger partial charge in [0.15, 0.2) is 5.54 Å². The van der Waals surface area contributed by atoms with Gasteiger partial charge in [0.1, 0.15) is 5.82 Å². The molecule has 0 saturated heterocycles. The first-order valence-corrected chi connectivity index (χ1v) is 6.17. The van der Waals surface area contributed by atoms with Crippen molar-refractivity contribution in [2.45, 2.75) is 32.7 Å². The number of carbonyl (C=O) groups excluding carboxylic acids is 1. The van der Waals surface area contributed by atoms with E-state index >= 15 is 0 Å². The number of hydrogen-bond donors (Lipinski definition) is 1. The van der Waals surface area contributed by atoms with E-state index in [1.54, 1.807) is 13.8 Å². The Bertz CT molecular complexity index is 489. The van der Waals surface area contributed by atoms with Gasteiger partial charge in [0.2, 0.25) is 5.91 Å². The van der Waals surface area contributed by atoms with Crippen LogP contribution in [0.3, 0.4) is 0 Å². The Morgan fingerprint density at radius 3 is 2.37 bits per heavy atom. The molecule has 0 heterocycles. The third-order valence-electron chi connectivity index (χ3n) is 3.32. The summed E-state index contributed by atoms with van der Waals surface area (Å²) < 4.78 is 13.4. The minimum Gasteiger partial charge on any atom is -0.479 e. The average molecular weight is 267 g/mol. The summed E-state index contributed by atoms with van der Waals surface area (Å²) in [6.07, 6.45) is 0.166. The number of likely N-dealkylation sites (N-methyl/N-ethyl adjacent to an activating group) is 1. The standard InChI is InChI=1S/C14H18FNO3/c1-4-14(13(18)19,16(5-2)10(3)17)11-7-6-8-12(15)9-11/h6-9H,4-5H2,1-3H3,(H,18,19). The average Bonchev–Trinajstić information content (AvgIpc) is 2.34. The largest absolute Gasteiger partial charge is 0.479 e. The molecular weight excluding hydrogens is 249 g/mol. The normalized spacial score (nSPS) is 13.7. The highest BCUT2D eigenvalue weighted by Gasteiger charge is 2.45. The number of carboxylic acids is 1. The van der Waals surface area contributed by atoms with Crippen LogP contribution in [-0.2, 0) is 15.1 Å². The third kappa shape index (κ3) is 2.59. The molecule has 1 unspecified atom stereocenters. The van der Waals surface area contributed by atoms with E-state index in [0.717, 1.165) is 0 Å². The summed E-state index contributed by atoms with van der Waals surface area (Å²) in [5.41, 5.74) is -1.25. The van der Waals surface area contributed by atoms with Gasteiger partial charge in [-0.15, -0.1) is 0 Å². The van der Waals surface area contributed by atoms with Crippen LogP contribution in [0, 0.1) is 5.82 Å². The first-order valence-electron chi connectivity index (χ1n) is 6.17. The second kappa shape index (κ2) is 5.82. The van der Waals surface area contributed by atoms with Crippen molar-refractivity contribution in [3.63, 3.8) is 0 Å². The number of hydrogen-bond acceptors (Lipinski definition) is 2. The Morgan fingerprint density at radius 1 is 1.37 bits per heavy atom. The third-order valence-corrected chi connectivity index (χ3v) is 3.32. The van der Waals surface area contributed by atoms with Crippen molar-refractivity contribution in [1.82, 2.24) is 4.90 Å². The molecule has 1 rings (SSSR count). The Hall–Kier alpha value is -1.91. The topological polar surface area (TPSA) is 57.6 Å². The van der Waals surface area contributed by atoms with Gasteiger partial charge in [-0.05, 0) is 31.0 Å². The van der Waals surface area contributed by atoms with Crippen LogP contribution in [0.25, 0.3) is 0 Å². The van der Waals surface area contributed by atoms with Crippen molar-refractivity contribution >= 4 is 11.9 Å². The zero-order valence-corrected chi connectivity index (χ0v) is 11.3. The van der Waals surface area contributed by atoms with Crippen LogP contribution in [-0.4, -0.2) is 28.4 Å². The zero-order valence-electron chi connectivity index (χ0n) is 11.3. The minimum absolute atomic E-state index is 0.166. The molecule has 1 amide bonds. The van der Waals surface area contributed by atoms with Gasteiger partial charge in [-0.2, -0.15) is 0 Å². The zero-order chi connectivity index (χ0) is 14.6. The van der Waals surface area contributed by atoms with Crippen LogP contribution in [0.2, 0.25) is 0 Å². The van der Waals surface area contributed by atoms with E-state index in [1.165, 1.54) is 36.1 Å². The maximum atomic E-state index is 13.4. The van der Waals surface area contributed by atoms with Gasteiger partial charge in [0.25, 0.3) is 0 Å². The molecule has 0 saturated carbocycles. The highest BCUT2D eigenvalue weighted by Crippen LogP contribution is 2.33. The van der Waals surface area contributed by atoms with E-state index in [0.29, 0.717) is 0 Å². The fourth-order valence-corrected chi connectivity index (χ4v) is 2.45. The number of nitrogens with zero attached hydrogens (tertiary/aromatic N) is 1. The summed E-state index contributed by atoms with van der Waals surface area (Å²) in [5.74, 6) is -2.02. The van der Waals surface area contributed by atoms with Crippen LogP contribution in [0.5, 0.6) is 0 Å². The van der Waals surface area contributed by atoms with Gasteiger partial charge in [-0.3, -0.25) is 4.79 Å². The lowest BCUT2D eigenvalue weighted by Gasteiger charge is -2.39. The van der Waals surface area contributed by atoms with E-state index in [2.05, 4.69) is 0 Å². The molecule has 1 aromatic carbocycles. The van der Waals surface area contributed by atoms with Gasteiger partial charge in [0, 0.05) is 13.5 Å². The number of carbonyl (C=O) groups is 2. The van der Waals surface area contributed by atoms with Crippen LogP contribution in [0.1, 0.15) is 32.8 Å². The molecule has 0 aliphatic heterocycles. The van der Waals surface area contributed by atoms with Crippen LogP contribution >= 0.6 is 0 Å². The van der Waals surface area contributed by atoms with E-state index in [1.807, 2.05) is 0 Å². The number of halogens is 1. The lowest BCUT2D eigenvalue weighted by Crippen LogP contribution is -2.53. The SMILES string of the molecule is CCN(C(C)=O)C(CC)(C(=O)O)c1cccc(F)c1. The monoisotopic (exact) mass is 267 g/mol. The number of carboxylic acid groups (broad SMARTS) is 1. The molecule has 1 aromatic rings. The van der Waals surface area contributed by atoms with E-state index in [-0.39, 0.29) is 24.4 Å². The predicted octanol–water partition coefficient (Wildman–Crippen LogP) is 2.38. The van der Waals surface area contributed by atoms with Gasteiger partial charge < -0.3 is 10.0 Å². The second-order valence-electron chi connectivity index (χ2n) is 4.29. The summed E-state index contributed by atoms with van der Waals surface area (Å²) in [7, 11) is 0. The first-order chi connectivity index (χ1) is 8.90.